The number of fused-ring (bicyclic) bond motifs is 2. The van der Waals surface area contributed by atoms with Gasteiger partial charge in [-0.2, -0.15) is 4.98 Å². The van der Waals surface area contributed by atoms with Gasteiger partial charge in [0.1, 0.15) is 17.1 Å². The SMILES string of the molecule is Cc1nc2ccccc2n1-c1nc(N2CCOCC2)c2oc(CN3CCN(S(C)(C)C(N)=O)CC3)cc2n1. The third-order valence-electron chi connectivity index (χ3n) is 7.48. The standard InChI is InChI=1S/C26H34N8O3S/c1-18-28-20-6-4-5-7-22(20)34(18)26-29-21-16-19(37-23(21)24(30-26)32-12-14-36-15-13-32)17-31-8-10-33(11-9-31)38(2,3)25(27)35/h4-7,16H,8-15,17H2,1-3H3,(H2,27,35). The van der Waals surface area contributed by atoms with Gasteiger partial charge in [0.25, 0.3) is 5.24 Å². The van der Waals surface area contributed by atoms with Crippen LogP contribution in [0.15, 0.2) is 34.7 Å². The van der Waals surface area contributed by atoms with Gasteiger partial charge in [0.05, 0.1) is 30.8 Å². The van der Waals surface area contributed by atoms with Crippen molar-refractivity contribution in [1.29, 1.82) is 0 Å². The number of piperazine rings is 1. The summed E-state index contributed by atoms with van der Waals surface area (Å²) in [5.41, 5.74) is 9.03. The second-order valence-electron chi connectivity index (χ2n) is 10.2. The number of nitrogens with zero attached hydrogens (tertiary/aromatic N) is 7. The summed E-state index contributed by atoms with van der Waals surface area (Å²) in [5.74, 6) is 3.06. The fourth-order valence-corrected chi connectivity index (χ4v) is 6.54. The van der Waals surface area contributed by atoms with E-state index in [1.165, 1.54) is 0 Å². The fraction of sp³-hybridized carbons (Fsp3) is 0.462. The molecule has 38 heavy (non-hydrogen) atoms. The van der Waals surface area contributed by atoms with Gasteiger partial charge in [-0.25, -0.2) is 9.97 Å². The Morgan fingerprint density at radius 3 is 2.47 bits per heavy atom. The van der Waals surface area contributed by atoms with Crippen LogP contribution in [0, 0.1) is 6.92 Å². The zero-order chi connectivity index (χ0) is 26.4. The van der Waals surface area contributed by atoms with E-state index in [0.717, 1.165) is 73.2 Å². The monoisotopic (exact) mass is 538 g/mol. The van der Waals surface area contributed by atoms with Gasteiger partial charge in [-0.1, -0.05) is 12.1 Å². The molecule has 0 bridgehead atoms. The van der Waals surface area contributed by atoms with Crippen LogP contribution in [0.5, 0.6) is 0 Å². The lowest BCUT2D eigenvalue weighted by atomic mass is 10.3. The minimum atomic E-state index is -1.60. The maximum Gasteiger partial charge on any atom is 0.271 e. The molecule has 1 aromatic carbocycles. The van der Waals surface area contributed by atoms with E-state index in [2.05, 4.69) is 14.1 Å². The smallest absolute Gasteiger partial charge is 0.271 e. The van der Waals surface area contributed by atoms with E-state index in [0.29, 0.717) is 31.3 Å². The molecule has 12 heteroatoms. The van der Waals surface area contributed by atoms with E-state index in [4.69, 9.17) is 29.8 Å². The topological polar surface area (TPSA) is 119 Å². The molecule has 6 rings (SSSR count). The molecule has 0 spiro atoms. The predicted molar refractivity (Wildman–Crippen MR) is 150 cm³/mol. The van der Waals surface area contributed by atoms with Gasteiger partial charge in [0, 0.05) is 45.3 Å². The van der Waals surface area contributed by atoms with E-state index in [-0.39, 0.29) is 5.24 Å². The quantitative estimate of drug-likeness (QED) is 0.409. The first-order valence-electron chi connectivity index (χ1n) is 12.9. The van der Waals surface area contributed by atoms with Crippen LogP contribution in [0.3, 0.4) is 0 Å². The molecule has 3 aromatic heterocycles. The number of aryl methyl sites for hydroxylation is 1. The van der Waals surface area contributed by atoms with Crippen molar-refractivity contribution in [3.63, 3.8) is 0 Å². The summed E-state index contributed by atoms with van der Waals surface area (Å²) in [4.78, 5) is 31.2. The Labute approximate surface area is 223 Å². The number of benzene rings is 1. The first-order valence-corrected chi connectivity index (χ1v) is 15.3. The van der Waals surface area contributed by atoms with Crippen molar-refractivity contribution in [3.8, 4) is 5.95 Å². The number of morpholine rings is 1. The van der Waals surface area contributed by atoms with Crippen molar-refractivity contribution in [3.05, 3.63) is 41.9 Å². The van der Waals surface area contributed by atoms with Gasteiger partial charge in [0.15, 0.2) is 11.4 Å². The number of hydrogen-bond acceptors (Lipinski definition) is 9. The number of amides is 1. The molecule has 2 aliphatic heterocycles. The van der Waals surface area contributed by atoms with E-state index >= 15 is 0 Å². The number of para-hydroxylation sites is 2. The summed E-state index contributed by atoms with van der Waals surface area (Å²) in [6.07, 6.45) is 3.94. The molecule has 0 saturated carbocycles. The van der Waals surface area contributed by atoms with Crippen LogP contribution in [-0.2, 0) is 11.3 Å². The molecule has 4 aromatic rings. The van der Waals surface area contributed by atoms with Gasteiger partial charge in [-0.05, 0) is 31.6 Å². The molecule has 5 heterocycles. The number of hydrogen-bond donors (Lipinski definition) is 1. The number of nitrogens with two attached hydrogens (primary N) is 1. The number of aromatic nitrogens is 4. The summed E-state index contributed by atoms with van der Waals surface area (Å²) in [5, 5.41) is -0.214. The van der Waals surface area contributed by atoms with Crippen LogP contribution in [0.4, 0.5) is 10.6 Å². The van der Waals surface area contributed by atoms with Crippen molar-refractivity contribution in [2.45, 2.75) is 13.5 Å². The molecular formula is C26H34N8O3S. The van der Waals surface area contributed by atoms with Crippen LogP contribution in [0.1, 0.15) is 11.6 Å². The highest BCUT2D eigenvalue weighted by molar-refractivity contribution is 8.42. The van der Waals surface area contributed by atoms with E-state index < -0.39 is 10.2 Å². The summed E-state index contributed by atoms with van der Waals surface area (Å²) in [7, 11) is -1.60. The number of primary amides is 1. The molecule has 0 atom stereocenters. The highest BCUT2D eigenvalue weighted by Gasteiger charge is 2.31. The average molecular weight is 539 g/mol. The van der Waals surface area contributed by atoms with Crippen LogP contribution >= 0.6 is 10.2 Å². The van der Waals surface area contributed by atoms with E-state index in [1.54, 1.807) is 0 Å². The minimum Gasteiger partial charge on any atom is -0.454 e. The largest absolute Gasteiger partial charge is 0.454 e. The van der Waals surface area contributed by atoms with Gasteiger partial charge in [-0.3, -0.25) is 18.6 Å². The minimum absolute atomic E-state index is 0.214. The molecule has 0 unspecified atom stereocenters. The molecule has 11 nitrogen and oxygen atoms in total. The summed E-state index contributed by atoms with van der Waals surface area (Å²) in [6.45, 7) is 8.72. The maximum atomic E-state index is 11.9. The third kappa shape index (κ3) is 4.51. The van der Waals surface area contributed by atoms with Crippen molar-refractivity contribution in [2.24, 2.45) is 5.73 Å². The Kier molecular flexibility index (Phi) is 6.50. The lowest BCUT2D eigenvalue weighted by molar-refractivity contribution is 0.122. The number of furan rings is 1. The van der Waals surface area contributed by atoms with Gasteiger partial charge < -0.3 is 19.8 Å². The number of imidazole rings is 1. The van der Waals surface area contributed by atoms with Crippen molar-refractivity contribution in [1.82, 2.24) is 28.7 Å². The lowest BCUT2D eigenvalue weighted by Crippen LogP contribution is -2.48. The summed E-state index contributed by atoms with van der Waals surface area (Å²) >= 11 is 0. The number of carbonyl (C=O) groups excluding carboxylic acids is 1. The van der Waals surface area contributed by atoms with Gasteiger partial charge in [-0.15, -0.1) is 10.2 Å². The zero-order valence-electron chi connectivity index (χ0n) is 22.1. The Balaban J connectivity index is 1.33. The van der Waals surface area contributed by atoms with E-state index in [9.17, 15) is 4.79 Å². The van der Waals surface area contributed by atoms with Gasteiger partial charge >= 0.3 is 0 Å². The van der Waals surface area contributed by atoms with Crippen molar-refractivity contribution in [2.75, 3.05) is 69.9 Å². The molecule has 1 amide bonds. The van der Waals surface area contributed by atoms with Crippen molar-refractivity contribution < 1.29 is 13.9 Å². The normalized spacial score (nSPS) is 18.4. The molecule has 2 saturated heterocycles. The first kappa shape index (κ1) is 25.1. The zero-order valence-corrected chi connectivity index (χ0v) is 22.9. The molecule has 0 aliphatic carbocycles. The number of anilines is 1. The molecule has 2 N–H and O–H groups in total. The second kappa shape index (κ2) is 9.84. The van der Waals surface area contributed by atoms with Crippen LogP contribution < -0.4 is 10.6 Å². The van der Waals surface area contributed by atoms with Crippen LogP contribution in [0.25, 0.3) is 28.1 Å². The van der Waals surface area contributed by atoms with Crippen LogP contribution in [-0.4, -0.2) is 99.0 Å². The predicted octanol–water partition coefficient (Wildman–Crippen LogP) is 2.88. The number of rotatable bonds is 5. The molecule has 2 aliphatic rings. The number of carbonyl (C=O) groups is 1. The molecule has 202 valence electrons. The summed E-state index contributed by atoms with van der Waals surface area (Å²) in [6, 6.07) is 10.1. The Hall–Kier alpha value is -3.19. The third-order valence-corrected chi connectivity index (χ3v) is 10.1. The first-order chi connectivity index (χ1) is 18.3. The Morgan fingerprint density at radius 1 is 1.00 bits per heavy atom. The Morgan fingerprint density at radius 2 is 1.74 bits per heavy atom. The molecular weight excluding hydrogens is 504 g/mol. The number of ether oxygens (including phenoxy) is 1. The maximum absolute atomic E-state index is 11.9. The summed E-state index contributed by atoms with van der Waals surface area (Å²) < 4.78 is 16.3. The average Bonchev–Trinajstić information content (AvgIpc) is 3.48. The molecule has 0 radical (unpaired) electrons. The Bertz CT molecular complexity index is 1480. The highest BCUT2D eigenvalue weighted by atomic mass is 32.3. The van der Waals surface area contributed by atoms with Gasteiger partial charge in [0.2, 0.25) is 5.95 Å². The second-order valence-corrected chi connectivity index (χ2v) is 13.6. The highest BCUT2D eigenvalue weighted by Crippen LogP contribution is 2.44. The lowest BCUT2D eigenvalue weighted by Gasteiger charge is -2.45. The molecule has 2 fully saturated rings. The van der Waals surface area contributed by atoms with E-state index in [1.807, 2.05) is 54.3 Å². The fourth-order valence-electron chi connectivity index (χ4n) is 5.21. The van der Waals surface area contributed by atoms with Crippen molar-refractivity contribution >= 4 is 43.4 Å². The van der Waals surface area contributed by atoms with Crippen LogP contribution in [0.2, 0.25) is 0 Å².